The van der Waals surface area contributed by atoms with Gasteiger partial charge in [-0.1, -0.05) is 0 Å². The molecule has 0 heterocycles. The SMILES string of the molecule is CC(=O)O.[Co]. The minimum absolute atomic E-state index is 0. The first kappa shape index (κ1) is 8.88. The normalized spacial score (nSPS) is 5.00. The molecule has 0 spiro atoms. The third-order valence-corrected chi connectivity index (χ3v) is 0. The van der Waals surface area contributed by atoms with Crippen molar-refractivity contribution in [2.24, 2.45) is 0 Å². The third-order valence-electron chi connectivity index (χ3n) is 0. The molecule has 0 rings (SSSR count). The van der Waals surface area contributed by atoms with E-state index in [0.717, 1.165) is 6.92 Å². The van der Waals surface area contributed by atoms with Gasteiger partial charge >= 0.3 is 0 Å². The fourth-order valence-electron chi connectivity index (χ4n) is 0. The largest absolute Gasteiger partial charge is 0.481 e. The van der Waals surface area contributed by atoms with E-state index in [0.29, 0.717) is 0 Å². The van der Waals surface area contributed by atoms with Crippen LogP contribution in [0.5, 0.6) is 0 Å². The van der Waals surface area contributed by atoms with E-state index in [1.165, 1.54) is 0 Å². The Hall–Kier alpha value is -0.0235. The molecule has 0 saturated carbocycles. The Labute approximate surface area is 40.4 Å². The summed E-state index contributed by atoms with van der Waals surface area (Å²) in [6, 6.07) is 0. The summed E-state index contributed by atoms with van der Waals surface area (Å²) in [5.41, 5.74) is 0. The Balaban J connectivity index is 0. The summed E-state index contributed by atoms with van der Waals surface area (Å²) in [5.74, 6) is -0.833. The van der Waals surface area contributed by atoms with Gasteiger partial charge in [-0.25, -0.2) is 0 Å². The maximum atomic E-state index is 9.00. The maximum Gasteiger partial charge on any atom is 0.300 e. The second-order valence-electron chi connectivity index (χ2n) is 0.519. The molecule has 5 heavy (non-hydrogen) atoms. The standard InChI is InChI=1S/C2H4O2.Co/c1-2(3)4;/h1H3,(H,3,4);. The van der Waals surface area contributed by atoms with Crippen LogP contribution in [0.4, 0.5) is 0 Å². The molecule has 0 aliphatic rings. The van der Waals surface area contributed by atoms with Crippen molar-refractivity contribution in [3.05, 3.63) is 0 Å². The first-order valence-electron chi connectivity index (χ1n) is 0.928. The first-order chi connectivity index (χ1) is 1.73. The molecule has 0 aromatic heterocycles. The van der Waals surface area contributed by atoms with Crippen molar-refractivity contribution in [1.82, 2.24) is 0 Å². The van der Waals surface area contributed by atoms with Gasteiger partial charge in [0.1, 0.15) is 0 Å². The third kappa shape index (κ3) is 28100. The molecule has 0 bridgehead atoms. The molecule has 0 aromatic carbocycles. The molecule has 0 saturated heterocycles. The molecule has 0 aliphatic heterocycles. The molecule has 0 amide bonds. The van der Waals surface area contributed by atoms with Crippen LogP contribution in [0.25, 0.3) is 0 Å². The van der Waals surface area contributed by atoms with Gasteiger partial charge in [0.15, 0.2) is 0 Å². The molecular weight excluding hydrogens is 115 g/mol. The van der Waals surface area contributed by atoms with Gasteiger partial charge in [0.2, 0.25) is 0 Å². The van der Waals surface area contributed by atoms with E-state index in [9.17, 15) is 0 Å². The van der Waals surface area contributed by atoms with Crippen LogP contribution in [0.1, 0.15) is 6.92 Å². The summed E-state index contributed by atoms with van der Waals surface area (Å²) in [7, 11) is 0. The number of carbonyl (C=O) groups is 1. The Morgan fingerprint density at radius 3 is 1.80 bits per heavy atom. The van der Waals surface area contributed by atoms with Crippen LogP contribution in [0.2, 0.25) is 0 Å². The Morgan fingerprint density at radius 2 is 1.80 bits per heavy atom. The monoisotopic (exact) mass is 119 g/mol. The van der Waals surface area contributed by atoms with Gasteiger partial charge in [-0.3, -0.25) is 4.79 Å². The smallest absolute Gasteiger partial charge is 0.300 e. The molecule has 2 nitrogen and oxygen atoms in total. The second-order valence-corrected chi connectivity index (χ2v) is 0.519. The van der Waals surface area contributed by atoms with Crippen molar-refractivity contribution in [2.45, 2.75) is 6.92 Å². The van der Waals surface area contributed by atoms with E-state index < -0.39 is 5.97 Å². The maximum absolute atomic E-state index is 9.00. The molecule has 1 N–H and O–H groups in total. The van der Waals surface area contributed by atoms with Crippen LogP contribution in [0.3, 0.4) is 0 Å². The van der Waals surface area contributed by atoms with Crippen LogP contribution in [0.15, 0.2) is 0 Å². The quantitative estimate of drug-likeness (QED) is 0.490. The Morgan fingerprint density at radius 1 is 1.80 bits per heavy atom. The predicted molar refractivity (Wildman–Crippen MR) is 13.3 cm³/mol. The van der Waals surface area contributed by atoms with Crippen molar-refractivity contribution in [2.75, 3.05) is 0 Å². The van der Waals surface area contributed by atoms with Crippen molar-refractivity contribution in [1.29, 1.82) is 0 Å². The minimum atomic E-state index is -0.833. The van der Waals surface area contributed by atoms with Gasteiger partial charge < -0.3 is 5.11 Å². The summed E-state index contributed by atoms with van der Waals surface area (Å²) < 4.78 is 0. The molecule has 1 radical (unpaired) electrons. The molecule has 0 aromatic rings. The van der Waals surface area contributed by atoms with Crippen molar-refractivity contribution >= 4 is 5.97 Å². The number of hydrogen-bond donors (Lipinski definition) is 1. The second kappa shape index (κ2) is 3.98. The van der Waals surface area contributed by atoms with Gasteiger partial charge in [-0.05, 0) is 0 Å². The number of carboxylic acid groups (broad SMARTS) is 1. The fraction of sp³-hybridized carbons (Fsp3) is 0.500. The summed E-state index contributed by atoms with van der Waals surface area (Å²) in [5, 5.41) is 7.42. The fourth-order valence-corrected chi connectivity index (χ4v) is 0. The van der Waals surface area contributed by atoms with Gasteiger partial charge in [0.05, 0.1) is 0 Å². The molecule has 0 atom stereocenters. The molecule has 0 unspecified atom stereocenters. The first-order valence-corrected chi connectivity index (χ1v) is 0.928. The van der Waals surface area contributed by atoms with Crippen molar-refractivity contribution in [3.63, 3.8) is 0 Å². The van der Waals surface area contributed by atoms with E-state index in [1.54, 1.807) is 0 Å². The van der Waals surface area contributed by atoms with E-state index in [4.69, 9.17) is 9.90 Å². The van der Waals surface area contributed by atoms with Crippen molar-refractivity contribution < 1.29 is 26.7 Å². The Bertz CT molecular complexity index is 30.6. The average Bonchev–Trinajstić information content (AvgIpc) is 0.811. The van der Waals surface area contributed by atoms with Crippen LogP contribution in [-0.2, 0) is 21.6 Å². The minimum Gasteiger partial charge on any atom is -0.481 e. The molecule has 3 heteroatoms. The molecule has 33 valence electrons. The van der Waals surface area contributed by atoms with Gasteiger partial charge in [-0.15, -0.1) is 0 Å². The number of hydrogen-bond acceptors (Lipinski definition) is 1. The zero-order valence-electron chi connectivity index (χ0n) is 2.69. The topological polar surface area (TPSA) is 37.3 Å². The predicted octanol–water partition coefficient (Wildman–Crippen LogP) is 0.0884. The summed E-state index contributed by atoms with van der Waals surface area (Å²) >= 11 is 0. The van der Waals surface area contributed by atoms with Crippen molar-refractivity contribution in [3.8, 4) is 0 Å². The Kier molecular flexibility index (Phi) is 7.06. The van der Waals surface area contributed by atoms with Gasteiger partial charge in [0.25, 0.3) is 5.97 Å². The molecule has 0 aliphatic carbocycles. The van der Waals surface area contributed by atoms with Crippen LogP contribution >= 0.6 is 0 Å². The molecular formula is C2H4CoO2. The van der Waals surface area contributed by atoms with Gasteiger partial charge in [0, 0.05) is 23.7 Å². The van der Waals surface area contributed by atoms with Crippen LogP contribution < -0.4 is 0 Å². The van der Waals surface area contributed by atoms with Crippen LogP contribution in [0, 0.1) is 0 Å². The molecule has 0 fully saturated rings. The number of aliphatic carboxylic acids is 1. The zero-order chi connectivity index (χ0) is 3.58. The number of rotatable bonds is 0. The van der Waals surface area contributed by atoms with E-state index >= 15 is 0 Å². The zero-order valence-corrected chi connectivity index (χ0v) is 3.73. The van der Waals surface area contributed by atoms with E-state index in [2.05, 4.69) is 0 Å². The average molecular weight is 119 g/mol. The number of carboxylic acids is 1. The van der Waals surface area contributed by atoms with E-state index in [1.807, 2.05) is 0 Å². The summed E-state index contributed by atoms with van der Waals surface area (Å²) in [6.07, 6.45) is 0. The summed E-state index contributed by atoms with van der Waals surface area (Å²) in [4.78, 5) is 9.00. The van der Waals surface area contributed by atoms with Crippen LogP contribution in [-0.4, -0.2) is 11.1 Å². The summed E-state index contributed by atoms with van der Waals surface area (Å²) in [6.45, 7) is 1.08. The van der Waals surface area contributed by atoms with Gasteiger partial charge in [-0.2, -0.15) is 0 Å². The van der Waals surface area contributed by atoms with E-state index in [-0.39, 0.29) is 16.8 Å².